The third-order valence-corrected chi connectivity index (χ3v) is 2.97. The largest absolute Gasteiger partial charge is 0.480 e. The Labute approximate surface area is 95.9 Å². The fourth-order valence-electron chi connectivity index (χ4n) is 1.47. The van der Waals surface area contributed by atoms with Crippen LogP contribution in [0.2, 0.25) is 0 Å². The van der Waals surface area contributed by atoms with Gasteiger partial charge in [-0.05, 0) is 5.56 Å². The van der Waals surface area contributed by atoms with Crippen molar-refractivity contribution in [2.24, 2.45) is 0 Å². The van der Waals surface area contributed by atoms with Gasteiger partial charge < -0.3 is 9.67 Å². The molecule has 0 aliphatic heterocycles. The third-order valence-electron chi connectivity index (χ3n) is 2.18. The van der Waals surface area contributed by atoms with E-state index in [1.54, 1.807) is 5.38 Å². The lowest BCUT2D eigenvalue weighted by Gasteiger charge is -2.05. The number of hydrogen-bond donors (Lipinski definition) is 2. The van der Waals surface area contributed by atoms with Crippen molar-refractivity contribution in [1.29, 1.82) is 5.41 Å². The number of carboxylic acids is 1. The molecule has 0 spiro atoms. The van der Waals surface area contributed by atoms with E-state index in [1.807, 2.05) is 30.3 Å². The highest BCUT2D eigenvalue weighted by Crippen LogP contribution is 2.19. The van der Waals surface area contributed by atoms with Crippen molar-refractivity contribution in [1.82, 2.24) is 4.57 Å². The summed E-state index contributed by atoms with van der Waals surface area (Å²) in [5.74, 6) is -0.936. The van der Waals surface area contributed by atoms with Crippen molar-refractivity contribution >= 4 is 17.3 Å². The van der Waals surface area contributed by atoms with Crippen LogP contribution >= 0.6 is 11.3 Å². The summed E-state index contributed by atoms with van der Waals surface area (Å²) < 4.78 is 1.49. The van der Waals surface area contributed by atoms with E-state index in [2.05, 4.69) is 0 Å². The summed E-state index contributed by atoms with van der Waals surface area (Å²) >= 11 is 1.23. The van der Waals surface area contributed by atoms with Crippen LogP contribution in [0.5, 0.6) is 0 Å². The lowest BCUT2D eigenvalue weighted by atomic mass is 10.2. The molecule has 0 saturated heterocycles. The molecule has 1 aromatic heterocycles. The molecule has 1 heterocycles. The summed E-state index contributed by atoms with van der Waals surface area (Å²) in [4.78, 5) is 11.0. The van der Waals surface area contributed by atoms with Gasteiger partial charge in [-0.15, -0.1) is 11.3 Å². The molecular weight excluding hydrogens is 224 g/mol. The molecule has 2 aromatic rings. The van der Waals surface area contributed by atoms with E-state index in [1.165, 1.54) is 15.9 Å². The average Bonchev–Trinajstić information content (AvgIpc) is 2.61. The number of thiazole rings is 1. The number of carboxylic acid groups (broad SMARTS) is 1. The maximum Gasteiger partial charge on any atom is 0.323 e. The molecule has 4 nitrogen and oxygen atoms in total. The molecule has 0 bridgehead atoms. The number of carbonyl (C=O) groups is 1. The predicted molar refractivity (Wildman–Crippen MR) is 61.2 cm³/mol. The van der Waals surface area contributed by atoms with Gasteiger partial charge in [0.15, 0.2) is 4.80 Å². The minimum absolute atomic E-state index is 0.174. The van der Waals surface area contributed by atoms with Gasteiger partial charge in [-0.25, -0.2) is 0 Å². The molecule has 0 radical (unpaired) electrons. The van der Waals surface area contributed by atoms with Gasteiger partial charge in [0.2, 0.25) is 0 Å². The Hall–Kier alpha value is -1.88. The number of nitrogens with zero attached hydrogens (tertiary/aromatic N) is 1. The smallest absolute Gasteiger partial charge is 0.323 e. The molecular formula is C11H10N2O2S. The number of nitrogens with one attached hydrogen (secondary N) is 1. The highest BCUT2D eigenvalue weighted by Gasteiger charge is 2.09. The Morgan fingerprint density at radius 1 is 1.38 bits per heavy atom. The van der Waals surface area contributed by atoms with E-state index in [0.717, 1.165) is 11.3 Å². The minimum Gasteiger partial charge on any atom is -0.480 e. The van der Waals surface area contributed by atoms with Gasteiger partial charge in [-0.1, -0.05) is 30.3 Å². The predicted octanol–water partition coefficient (Wildman–Crippen LogP) is 1.78. The molecule has 0 aliphatic rings. The van der Waals surface area contributed by atoms with Crippen LogP contribution in [0.4, 0.5) is 0 Å². The Morgan fingerprint density at radius 2 is 2.06 bits per heavy atom. The molecule has 0 unspecified atom stereocenters. The van der Waals surface area contributed by atoms with Gasteiger partial charge in [0.05, 0.1) is 5.69 Å². The van der Waals surface area contributed by atoms with Crippen LogP contribution in [-0.2, 0) is 11.3 Å². The van der Waals surface area contributed by atoms with Gasteiger partial charge in [-0.3, -0.25) is 10.2 Å². The third kappa shape index (κ3) is 2.04. The fourth-order valence-corrected chi connectivity index (χ4v) is 2.25. The number of rotatable bonds is 3. The van der Waals surface area contributed by atoms with E-state index in [0.29, 0.717) is 0 Å². The first-order chi connectivity index (χ1) is 7.68. The summed E-state index contributed by atoms with van der Waals surface area (Å²) in [6.45, 7) is -0.174. The molecule has 0 amide bonds. The first-order valence-electron chi connectivity index (χ1n) is 4.68. The molecule has 2 N–H and O–H groups in total. The second kappa shape index (κ2) is 4.32. The van der Waals surface area contributed by atoms with Crippen molar-refractivity contribution in [3.63, 3.8) is 0 Å². The second-order valence-corrected chi connectivity index (χ2v) is 4.13. The van der Waals surface area contributed by atoms with E-state index < -0.39 is 5.97 Å². The molecule has 1 aromatic carbocycles. The topological polar surface area (TPSA) is 66.1 Å². The number of aliphatic carboxylic acids is 1. The van der Waals surface area contributed by atoms with E-state index in [-0.39, 0.29) is 11.3 Å². The van der Waals surface area contributed by atoms with Crippen LogP contribution in [0.1, 0.15) is 0 Å². The number of hydrogen-bond acceptors (Lipinski definition) is 3. The van der Waals surface area contributed by atoms with Gasteiger partial charge in [0.25, 0.3) is 0 Å². The number of aromatic nitrogens is 1. The average molecular weight is 234 g/mol. The quantitative estimate of drug-likeness (QED) is 0.850. The summed E-state index contributed by atoms with van der Waals surface area (Å²) in [6, 6.07) is 9.49. The fraction of sp³-hybridized carbons (Fsp3) is 0.0909. The molecule has 2 rings (SSSR count). The van der Waals surface area contributed by atoms with Crippen LogP contribution in [0.15, 0.2) is 35.7 Å². The Bertz CT molecular complexity index is 557. The highest BCUT2D eigenvalue weighted by atomic mass is 32.1. The van der Waals surface area contributed by atoms with Gasteiger partial charge in [0, 0.05) is 5.38 Å². The van der Waals surface area contributed by atoms with Crippen LogP contribution in [0.25, 0.3) is 11.3 Å². The molecule has 0 aliphatic carbocycles. The van der Waals surface area contributed by atoms with Crippen LogP contribution in [0.3, 0.4) is 0 Å². The Balaban J connectivity index is 2.50. The zero-order valence-corrected chi connectivity index (χ0v) is 9.20. The zero-order chi connectivity index (χ0) is 11.5. The van der Waals surface area contributed by atoms with Gasteiger partial charge in [-0.2, -0.15) is 0 Å². The summed E-state index contributed by atoms with van der Waals surface area (Å²) in [5.41, 5.74) is 1.71. The molecule has 0 atom stereocenters. The van der Waals surface area contributed by atoms with Gasteiger partial charge in [0.1, 0.15) is 6.54 Å². The van der Waals surface area contributed by atoms with Crippen LogP contribution < -0.4 is 4.80 Å². The number of benzene rings is 1. The van der Waals surface area contributed by atoms with Crippen molar-refractivity contribution in [2.45, 2.75) is 6.54 Å². The first-order valence-corrected chi connectivity index (χ1v) is 5.56. The SMILES string of the molecule is N=c1scc(-c2ccccc2)n1CC(=O)O. The maximum atomic E-state index is 10.7. The highest BCUT2D eigenvalue weighted by molar-refractivity contribution is 7.07. The maximum absolute atomic E-state index is 10.7. The lowest BCUT2D eigenvalue weighted by molar-refractivity contribution is -0.137. The van der Waals surface area contributed by atoms with Crippen molar-refractivity contribution < 1.29 is 9.90 Å². The van der Waals surface area contributed by atoms with Crippen molar-refractivity contribution in [2.75, 3.05) is 0 Å². The molecule has 5 heteroatoms. The zero-order valence-electron chi connectivity index (χ0n) is 8.38. The Morgan fingerprint density at radius 3 is 2.69 bits per heavy atom. The molecule has 0 saturated carbocycles. The summed E-state index contributed by atoms with van der Waals surface area (Å²) in [6.07, 6.45) is 0. The molecule has 82 valence electrons. The standard InChI is InChI=1S/C11H10N2O2S/c12-11-13(6-10(14)15)9(7-16-11)8-4-2-1-3-5-8/h1-5,7,12H,6H2,(H,14,15). The van der Waals surface area contributed by atoms with Crippen molar-refractivity contribution in [3.05, 3.63) is 40.5 Å². The Kier molecular flexibility index (Phi) is 2.87. The molecule has 16 heavy (non-hydrogen) atoms. The van der Waals surface area contributed by atoms with E-state index in [9.17, 15) is 4.79 Å². The van der Waals surface area contributed by atoms with E-state index >= 15 is 0 Å². The van der Waals surface area contributed by atoms with Crippen molar-refractivity contribution in [3.8, 4) is 11.3 Å². The minimum atomic E-state index is -0.936. The lowest BCUT2D eigenvalue weighted by Crippen LogP contribution is -2.19. The van der Waals surface area contributed by atoms with Gasteiger partial charge >= 0.3 is 5.97 Å². The van der Waals surface area contributed by atoms with E-state index in [4.69, 9.17) is 10.5 Å². The normalized spacial score (nSPS) is 10.2. The van der Waals surface area contributed by atoms with Crippen LogP contribution in [-0.4, -0.2) is 15.6 Å². The summed E-state index contributed by atoms with van der Waals surface area (Å²) in [5, 5.41) is 18.2. The monoisotopic (exact) mass is 234 g/mol. The summed E-state index contributed by atoms with van der Waals surface area (Å²) in [7, 11) is 0. The first kappa shape index (κ1) is 10.6. The second-order valence-electron chi connectivity index (χ2n) is 3.27. The molecule has 0 fully saturated rings. The van der Waals surface area contributed by atoms with Crippen LogP contribution in [0, 0.1) is 5.41 Å².